The molecule has 5 amide bonds. The van der Waals surface area contributed by atoms with Crippen molar-refractivity contribution < 1.29 is 69.3 Å². The molecule has 524 valence electrons. The Hall–Kier alpha value is -8.38. The molecule has 0 aromatic heterocycles. The fourth-order valence-corrected chi connectivity index (χ4v) is 14.4. The number of amides is 5. The summed E-state index contributed by atoms with van der Waals surface area (Å²) in [5.41, 5.74) is 2.06. The van der Waals surface area contributed by atoms with Gasteiger partial charge < -0.3 is 49.3 Å². The second-order valence-corrected chi connectivity index (χ2v) is 26.6. The van der Waals surface area contributed by atoms with Gasteiger partial charge in [0.15, 0.2) is 0 Å². The molecule has 6 aromatic carbocycles. The van der Waals surface area contributed by atoms with Crippen LogP contribution in [-0.4, -0.2) is 183 Å². The van der Waals surface area contributed by atoms with E-state index in [4.69, 9.17) is 9.47 Å². The number of rotatable bonds is 26. The number of nitrogens with one attached hydrogen (secondary N) is 1. The van der Waals surface area contributed by atoms with Crippen LogP contribution in [0.5, 0.6) is 0 Å². The number of nitrogens with zero attached hydrogens (tertiary/aromatic N) is 7. The van der Waals surface area contributed by atoms with Crippen LogP contribution in [0.25, 0.3) is 11.1 Å². The van der Waals surface area contributed by atoms with E-state index in [1.165, 1.54) is 29.2 Å². The highest BCUT2D eigenvalue weighted by Gasteiger charge is 2.50. The van der Waals surface area contributed by atoms with Crippen molar-refractivity contribution in [2.45, 2.75) is 113 Å². The Balaban J connectivity index is 0.623. The van der Waals surface area contributed by atoms with E-state index in [0.29, 0.717) is 120 Å². The lowest BCUT2D eigenvalue weighted by atomic mass is 9.72. The summed E-state index contributed by atoms with van der Waals surface area (Å²) in [5.74, 6) is -1.84. The van der Waals surface area contributed by atoms with Crippen LogP contribution in [0.4, 0.5) is 46.9 Å². The number of halogens is 7. The molecule has 16 nitrogen and oxygen atoms in total. The predicted molar refractivity (Wildman–Crippen MR) is 360 cm³/mol. The molecule has 3 saturated heterocycles. The molecule has 1 aliphatic carbocycles. The molecule has 10 rings (SSSR count). The third-order valence-electron chi connectivity index (χ3n) is 20.2. The van der Waals surface area contributed by atoms with E-state index < -0.39 is 64.6 Å². The molecule has 23 heteroatoms. The maximum Gasteiger partial charge on any atom is 0.416 e. The van der Waals surface area contributed by atoms with Crippen molar-refractivity contribution in [3.8, 4) is 11.1 Å². The van der Waals surface area contributed by atoms with E-state index in [1.54, 1.807) is 28.8 Å². The predicted octanol–water partition coefficient (Wildman–Crippen LogP) is 13.2. The quantitative estimate of drug-likeness (QED) is 0.0393. The number of piperidine rings is 2. The fraction of sp³-hybridized carbons (Fsp3) is 0.453. The molecule has 0 unspecified atom stereocenters. The van der Waals surface area contributed by atoms with Gasteiger partial charge in [-0.25, -0.2) is 9.18 Å². The zero-order chi connectivity index (χ0) is 69.9. The molecule has 0 radical (unpaired) electrons. The molecule has 6 aromatic rings. The first-order chi connectivity index (χ1) is 46.8. The van der Waals surface area contributed by atoms with Gasteiger partial charge in [0.25, 0.3) is 11.8 Å². The van der Waals surface area contributed by atoms with E-state index in [1.807, 2.05) is 98.9 Å². The highest BCUT2D eigenvalue weighted by molar-refractivity contribution is 5.96. The topological polar surface area (TPSA) is 159 Å². The zero-order valence-electron chi connectivity index (χ0n) is 56.0. The minimum atomic E-state index is -5.15. The van der Waals surface area contributed by atoms with Crippen LogP contribution in [0.15, 0.2) is 140 Å². The van der Waals surface area contributed by atoms with Crippen molar-refractivity contribution in [1.82, 2.24) is 29.4 Å². The maximum atomic E-state index is 14.3. The van der Waals surface area contributed by atoms with Crippen molar-refractivity contribution >= 4 is 41.1 Å². The maximum absolute atomic E-state index is 14.3. The van der Waals surface area contributed by atoms with Gasteiger partial charge in [-0.2, -0.15) is 26.3 Å². The van der Waals surface area contributed by atoms with Gasteiger partial charge in [0.1, 0.15) is 24.8 Å². The molecule has 2 N–H and O–H groups in total. The number of benzene rings is 6. The van der Waals surface area contributed by atoms with Crippen LogP contribution < -0.4 is 10.2 Å². The Labute approximate surface area is 568 Å². The van der Waals surface area contributed by atoms with E-state index in [0.717, 1.165) is 77.3 Å². The summed E-state index contributed by atoms with van der Waals surface area (Å²) in [6.45, 7) is 7.11. The molecular formula is C75H87F7N8O8. The van der Waals surface area contributed by atoms with Gasteiger partial charge in [-0.15, -0.1) is 0 Å². The van der Waals surface area contributed by atoms with Crippen LogP contribution >= 0.6 is 0 Å². The number of likely N-dealkylation sites (N-methyl/N-ethyl adjacent to an activating group) is 2. The number of para-hydroxylation sites is 1. The van der Waals surface area contributed by atoms with Crippen molar-refractivity contribution in [2.75, 3.05) is 117 Å². The first kappa shape index (κ1) is 72.4. The van der Waals surface area contributed by atoms with Gasteiger partial charge in [-0.1, -0.05) is 91.3 Å². The molecule has 1 spiro atoms. The molecule has 0 bridgehead atoms. The molecular weight excluding hydrogens is 1270 g/mol. The fourth-order valence-electron chi connectivity index (χ4n) is 14.4. The summed E-state index contributed by atoms with van der Waals surface area (Å²) < 4.78 is 110. The first-order valence-corrected chi connectivity index (χ1v) is 33.7. The summed E-state index contributed by atoms with van der Waals surface area (Å²) in [5, 5.41) is 13.9. The van der Waals surface area contributed by atoms with Crippen LogP contribution in [0, 0.1) is 12.7 Å². The highest BCUT2D eigenvalue weighted by atomic mass is 19.4. The molecule has 3 fully saturated rings. The van der Waals surface area contributed by atoms with Crippen molar-refractivity contribution in [3.05, 3.63) is 190 Å². The van der Waals surface area contributed by atoms with Crippen LogP contribution in [0.1, 0.15) is 118 Å². The Morgan fingerprint density at radius 1 is 0.673 bits per heavy atom. The first-order valence-electron chi connectivity index (χ1n) is 33.7. The number of fused-ring (bicyclic) bond motifs is 2. The molecule has 4 aliphatic rings. The van der Waals surface area contributed by atoms with Crippen molar-refractivity contribution in [1.29, 1.82) is 0 Å². The second-order valence-electron chi connectivity index (χ2n) is 26.6. The van der Waals surface area contributed by atoms with E-state index >= 15 is 0 Å². The molecule has 2 atom stereocenters. The largest absolute Gasteiger partial charge is 0.465 e. The standard InChI is InChI=1S/C75H87F7N8O8/c1-52-44-55(23-28-64(52)83-34-14-6-9-22-67(91)85(3)42-43-87-37-29-61(30-38-87)90(71(95)96)65-21-13-11-19-62(65)53-16-7-5-8-17-53)69(93)86(4)36-15-35-84(2)68(92)49-97-66-47-54-18-10-12-20-63(54)72(66)31-39-88(40-32-72)41-33-73(57-24-26-60(76)27-25-57)50-89(51-98-73)70(94)56-45-58(74(77,78)79)48-59(46-56)75(80,81)82/h5,7-8,10-13,16-21,23-28,44-46,48,61,66,83H,6,9,14-15,22,29-43,47,49-51H2,1-4H3,(H,95,96)/t66-,73-/m0/s1. The number of aryl methyl sites for hydroxylation is 1. The van der Waals surface area contributed by atoms with Crippen LogP contribution in [-0.2, 0) is 48.9 Å². The third-order valence-corrected chi connectivity index (χ3v) is 20.2. The number of likely N-dealkylation sites (tertiary alicyclic amines) is 2. The number of hydrogen-bond acceptors (Lipinski definition) is 10. The summed E-state index contributed by atoms with van der Waals surface area (Å²) in [6.07, 6.45) is -4.48. The Kier molecular flexibility index (Phi) is 23.4. The minimum Gasteiger partial charge on any atom is -0.465 e. The minimum absolute atomic E-state index is 0.0289. The summed E-state index contributed by atoms with van der Waals surface area (Å²) in [7, 11) is 5.30. The smallest absolute Gasteiger partial charge is 0.416 e. The van der Waals surface area contributed by atoms with Crippen molar-refractivity contribution in [3.63, 3.8) is 0 Å². The molecule has 3 heterocycles. The summed E-state index contributed by atoms with van der Waals surface area (Å²) in [4.78, 5) is 79.0. The number of alkyl halides is 6. The van der Waals surface area contributed by atoms with Crippen LogP contribution in [0.2, 0.25) is 0 Å². The molecule has 0 saturated carbocycles. The van der Waals surface area contributed by atoms with Gasteiger partial charge in [-0.3, -0.25) is 24.1 Å². The van der Waals surface area contributed by atoms with Gasteiger partial charge in [0.05, 0.1) is 29.5 Å². The normalized spacial score (nSPS) is 18.2. The highest BCUT2D eigenvalue weighted by Crippen LogP contribution is 2.49. The lowest BCUT2D eigenvalue weighted by Gasteiger charge is -2.44. The lowest BCUT2D eigenvalue weighted by molar-refractivity contribution is -0.143. The molecule has 3 aliphatic heterocycles. The Bertz CT molecular complexity index is 3720. The number of unbranched alkanes of at least 4 members (excludes halogenated alkanes) is 2. The SMILES string of the molecule is Cc1cc(C(=O)N(C)CCCN(C)C(=O)CO[C@H]2Cc3ccccc3C23CCN(CC[C@@]2(c4ccc(F)cc4)CN(C(=O)c4cc(C(F)(F)F)cc(C(F)(F)F)c4)CO2)CC3)ccc1NCCCCCC(=O)N(C)CCN1CCC(N(C(=O)O)c2ccccc2-c2ccccc2)CC1. The van der Waals surface area contributed by atoms with E-state index in [9.17, 15) is 59.8 Å². The van der Waals surface area contributed by atoms with Gasteiger partial charge >= 0.3 is 18.4 Å². The zero-order valence-corrected chi connectivity index (χ0v) is 56.0. The van der Waals surface area contributed by atoms with Crippen molar-refractivity contribution in [2.24, 2.45) is 0 Å². The van der Waals surface area contributed by atoms with E-state index in [-0.39, 0.29) is 55.5 Å². The third kappa shape index (κ3) is 17.4. The Morgan fingerprint density at radius 2 is 1.32 bits per heavy atom. The number of hydrogen-bond donors (Lipinski definition) is 2. The summed E-state index contributed by atoms with van der Waals surface area (Å²) in [6, 6.07) is 37.3. The number of carbonyl (C=O) groups is 5. The number of carbonyl (C=O) groups excluding carboxylic acids is 4. The average molecular weight is 1360 g/mol. The average Bonchev–Trinajstić information content (AvgIpc) is 1.58. The monoisotopic (exact) mass is 1360 g/mol. The number of carboxylic acid groups (broad SMARTS) is 1. The van der Waals surface area contributed by atoms with Gasteiger partial charge in [0, 0.05) is 114 Å². The number of anilines is 2. The lowest BCUT2D eigenvalue weighted by Crippen LogP contribution is -2.50. The molecule has 98 heavy (non-hydrogen) atoms. The van der Waals surface area contributed by atoms with Crippen LogP contribution in [0.3, 0.4) is 0 Å². The Morgan fingerprint density at radius 3 is 2.00 bits per heavy atom. The van der Waals surface area contributed by atoms with E-state index in [2.05, 4.69) is 27.2 Å². The van der Waals surface area contributed by atoms with Gasteiger partial charge in [0.2, 0.25) is 11.8 Å². The summed E-state index contributed by atoms with van der Waals surface area (Å²) >= 11 is 0. The number of ether oxygens (including phenoxy) is 2. The second kappa shape index (κ2) is 31.6. The van der Waals surface area contributed by atoms with Gasteiger partial charge in [-0.05, 0) is 160 Å².